The molecule has 2 aromatic rings. The predicted molar refractivity (Wildman–Crippen MR) is 86.3 cm³/mol. The second kappa shape index (κ2) is 7.62. The first-order valence-corrected chi connectivity index (χ1v) is 7.83. The molecule has 2 rings (SSSR count). The zero-order valence-corrected chi connectivity index (χ0v) is 13.2. The van der Waals surface area contributed by atoms with Crippen LogP contribution in [0.3, 0.4) is 0 Å². The van der Waals surface area contributed by atoms with Gasteiger partial charge < -0.3 is 10.1 Å². The van der Waals surface area contributed by atoms with E-state index < -0.39 is 0 Å². The number of benzene rings is 1. The standard InChI is InChI=1S/C16H22N2OS/c1-12(2)20-16-14(11-17-8-9-19-3)10-13-6-4-5-7-15(13)18-16/h4-7,10,12,17H,8-9,11H2,1-3H3. The first-order chi connectivity index (χ1) is 9.70. The summed E-state index contributed by atoms with van der Waals surface area (Å²) >= 11 is 1.82. The highest BCUT2D eigenvalue weighted by atomic mass is 32.2. The van der Waals surface area contributed by atoms with E-state index in [1.54, 1.807) is 7.11 Å². The molecule has 1 heterocycles. The summed E-state index contributed by atoms with van der Waals surface area (Å²) in [5, 5.41) is 6.26. The summed E-state index contributed by atoms with van der Waals surface area (Å²) in [7, 11) is 1.72. The van der Waals surface area contributed by atoms with E-state index in [1.165, 1.54) is 10.9 Å². The molecule has 0 aliphatic heterocycles. The number of hydrogen-bond acceptors (Lipinski definition) is 4. The maximum Gasteiger partial charge on any atom is 0.101 e. The fraction of sp³-hybridized carbons (Fsp3) is 0.438. The molecule has 0 saturated heterocycles. The van der Waals surface area contributed by atoms with Crippen molar-refractivity contribution in [1.29, 1.82) is 0 Å². The van der Waals surface area contributed by atoms with Crippen LogP contribution in [-0.2, 0) is 11.3 Å². The van der Waals surface area contributed by atoms with Crippen LogP contribution in [0.15, 0.2) is 35.4 Å². The van der Waals surface area contributed by atoms with Crippen molar-refractivity contribution in [3.63, 3.8) is 0 Å². The van der Waals surface area contributed by atoms with E-state index in [1.807, 2.05) is 17.8 Å². The fourth-order valence-corrected chi connectivity index (χ4v) is 2.87. The molecule has 3 nitrogen and oxygen atoms in total. The topological polar surface area (TPSA) is 34.1 Å². The van der Waals surface area contributed by atoms with Crippen LogP contribution < -0.4 is 5.32 Å². The van der Waals surface area contributed by atoms with Crippen LogP contribution >= 0.6 is 11.8 Å². The maximum absolute atomic E-state index is 5.06. The maximum atomic E-state index is 5.06. The monoisotopic (exact) mass is 290 g/mol. The van der Waals surface area contributed by atoms with Gasteiger partial charge in [-0.25, -0.2) is 4.98 Å². The summed E-state index contributed by atoms with van der Waals surface area (Å²) in [4.78, 5) is 4.81. The molecule has 0 bridgehead atoms. The SMILES string of the molecule is COCCNCc1cc2ccccc2nc1SC(C)C. The quantitative estimate of drug-likeness (QED) is 0.625. The summed E-state index contributed by atoms with van der Waals surface area (Å²) in [5.41, 5.74) is 2.33. The Hall–Kier alpha value is -1.10. The number of rotatable bonds is 7. The Morgan fingerprint density at radius 3 is 2.85 bits per heavy atom. The molecule has 0 unspecified atom stereocenters. The number of hydrogen-bond donors (Lipinski definition) is 1. The van der Waals surface area contributed by atoms with Gasteiger partial charge in [0, 0.05) is 30.8 Å². The van der Waals surface area contributed by atoms with E-state index in [-0.39, 0.29) is 0 Å². The Labute approximate surface area is 125 Å². The van der Waals surface area contributed by atoms with E-state index in [0.29, 0.717) is 5.25 Å². The van der Waals surface area contributed by atoms with Gasteiger partial charge in [-0.1, -0.05) is 32.0 Å². The summed E-state index contributed by atoms with van der Waals surface area (Å²) in [6, 6.07) is 10.5. The smallest absolute Gasteiger partial charge is 0.101 e. The molecular formula is C16H22N2OS. The number of fused-ring (bicyclic) bond motifs is 1. The molecule has 0 spiro atoms. The van der Waals surface area contributed by atoms with Gasteiger partial charge in [0.25, 0.3) is 0 Å². The Kier molecular flexibility index (Phi) is 5.83. The molecular weight excluding hydrogens is 268 g/mol. The van der Waals surface area contributed by atoms with Gasteiger partial charge in [-0.05, 0) is 17.7 Å². The molecule has 0 radical (unpaired) electrons. The van der Waals surface area contributed by atoms with Gasteiger partial charge in [0.1, 0.15) is 5.03 Å². The van der Waals surface area contributed by atoms with Crippen LogP contribution in [0, 0.1) is 0 Å². The first-order valence-electron chi connectivity index (χ1n) is 6.95. The van der Waals surface area contributed by atoms with Crippen LogP contribution in [0.1, 0.15) is 19.4 Å². The lowest BCUT2D eigenvalue weighted by Crippen LogP contribution is -2.19. The molecule has 0 amide bonds. The molecule has 0 fully saturated rings. The highest BCUT2D eigenvalue weighted by Crippen LogP contribution is 2.27. The van der Waals surface area contributed by atoms with Gasteiger partial charge >= 0.3 is 0 Å². The van der Waals surface area contributed by atoms with E-state index in [2.05, 4.69) is 43.4 Å². The van der Waals surface area contributed by atoms with Crippen LogP contribution in [0.4, 0.5) is 0 Å². The summed E-state index contributed by atoms with van der Waals surface area (Å²) in [6.45, 7) is 6.81. The normalized spacial score (nSPS) is 11.4. The van der Waals surface area contributed by atoms with Gasteiger partial charge in [0.05, 0.1) is 12.1 Å². The molecule has 0 aliphatic carbocycles. The molecule has 108 valence electrons. The third kappa shape index (κ3) is 4.20. The first kappa shape index (κ1) is 15.3. The molecule has 20 heavy (non-hydrogen) atoms. The van der Waals surface area contributed by atoms with Gasteiger partial charge in [0.15, 0.2) is 0 Å². The van der Waals surface area contributed by atoms with E-state index in [4.69, 9.17) is 9.72 Å². The lowest BCUT2D eigenvalue weighted by molar-refractivity contribution is 0.199. The number of nitrogens with one attached hydrogen (secondary N) is 1. The van der Waals surface area contributed by atoms with Crippen molar-refractivity contribution < 1.29 is 4.74 Å². The lowest BCUT2D eigenvalue weighted by atomic mass is 10.1. The second-order valence-corrected chi connectivity index (χ2v) is 6.55. The van der Waals surface area contributed by atoms with Crippen molar-refractivity contribution in [2.24, 2.45) is 0 Å². The highest BCUT2D eigenvalue weighted by Gasteiger charge is 2.09. The molecule has 0 saturated carbocycles. The summed E-state index contributed by atoms with van der Waals surface area (Å²) < 4.78 is 5.06. The molecule has 1 aromatic carbocycles. The van der Waals surface area contributed by atoms with Crippen molar-refractivity contribution in [3.8, 4) is 0 Å². The molecule has 4 heteroatoms. The number of ether oxygens (including phenoxy) is 1. The molecule has 0 aliphatic rings. The Bertz CT molecular complexity index is 557. The van der Waals surface area contributed by atoms with Gasteiger partial charge in [0.2, 0.25) is 0 Å². The van der Waals surface area contributed by atoms with Crippen LogP contribution in [0.2, 0.25) is 0 Å². The number of pyridine rings is 1. The van der Waals surface area contributed by atoms with Crippen LogP contribution in [0.5, 0.6) is 0 Å². The highest BCUT2D eigenvalue weighted by molar-refractivity contribution is 7.99. The van der Waals surface area contributed by atoms with Crippen molar-refractivity contribution in [3.05, 3.63) is 35.9 Å². The summed E-state index contributed by atoms with van der Waals surface area (Å²) in [6.07, 6.45) is 0. The largest absolute Gasteiger partial charge is 0.383 e. The number of aromatic nitrogens is 1. The average Bonchev–Trinajstić information content (AvgIpc) is 2.43. The van der Waals surface area contributed by atoms with Gasteiger partial charge in [-0.2, -0.15) is 0 Å². The predicted octanol–water partition coefficient (Wildman–Crippen LogP) is 3.47. The Balaban J connectivity index is 2.23. The summed E-state index contributed by atoms with van der Waals surface area (Å²) in [5.74, 6) is 0. The Morgan fingerprint density at radius 2 is 2.10 bits per heavy atom. The van der Waals surface area contributed by atoms with Crippen molar-refractivity contribution >= 4 is 22.7 Å². The average molecular weight is 290 g/mol. The molecule has 1 N–H and O–H groups in total. The Morgan fingerprint density at radius 1 is 1.30 bits per heavy atom. The number of methoxy groups -OCH3 is 1. The fourth-order valence-electron chi connectivity index (χ4n) is 1.99. The second-order valence-electron chi connectivity index (χ2n) is 4.98. The van der Waals surface area contributed by atoms with Crippen molar-refractivity contribution in [2.45, 2.75) is 30.7 Å². The van der Waals surface area contributed by atoms with Crippen LogP contribution in [0.25, 0.3) is 10.9 Å². The number of nitrogens with zero attached hydrogens (tertiary/aromatic N) is 1. The lowest BCUT2D eigenvalue weighted by Gasteiger charge is -2.13. The zero-order valence-electron chi connectivity index (χ0n) is 12.3. The van der Waals surface area contributed by atoms with Gasteiger partial charge in [-0.3, -0.25) is 0 Å². The molecule has 1 aromatic heterocycles. The number of para-hydroxylation sites is 1. The van der Waals surface area contributed by atoms with E-state index in [0.717, 1.165) is 30.2 Å². The van der Waals surface area contributed by atoms with E-state index >= 15 is 0 Å². The minimum atomic E-state index is 0.529. The van der Waals surface area contributed by atoms with Crippen LogP contribution in [-0.4, -0.2) is 30.5 Å². The van der Waals surface area contributed by atoms with Crippen molar-refractivity contribution in [2.75, 3.05) is 20.3 Å². The minimum Gasteiger partial charge on any atom is -0.383 e. The van der Waals surface area contributed by atoms with E-state index in [9.17, 15) is 0 Å². The third-order valence-corrected chi connectivity index (χ3v) is 3.96. The van der Waals surface area contributed by atoms with Crippen molar-refractivity contribution in [1.82, 2.24) is 10.3 Å². The molecule has 0 atom stereocenters. The number of thioether (sulfide) groups is 1. The zero-order chi connectivity index (χ0) is 14.4. The third-order valence-electron chi connectivity index (χ3n) is 2.91. The van der Waals surface area contributed by atoms with Gasteiger partial charge in [-0.15, -0.1) is 11.8 Å². The minimum absolute atomic E-state index is 0.529.